The van der Waals surface area contributed by atoms with Gasteiger partial charge in [0.15, 0.2) is 7.28 Å². The van der Waals surface area contributed by atoms with Crippen LogP contribution < -0.4 is 15.8 Å². The van der Waals surface area contributed by atoms with Gasteiger partial charge in [-0.15, -0.1) is 0 Å². The predicted molar refractivity (Wildman–Crippen MR) is 220 cm³/mol. The summed E-state index contributed by atoms with van der Waals surface area (Å²) >= 11 is 0. The lowest BCUT2D eigenvalue weighted by Gasteiger charge is -2.49. The Morgan fingerprint density at radius 1 is 0.528 bits per heavy atom. The number of aromatic nitrogens is 1. The van der Waals surface area contributed by atoms with Crippen LogP contribution in [0.5, 0.6) is 0 Å². The molecule has 245 valence electrons. The Labute approximate surface area is 307 Å². The minimum absolute atomic E-state index is 0.521. The quantitative estimate of drug-likeness (QED) is 0.189. The number of para-hydroxylation sites is 4. The maximum Gasteiger partial charge on any atom is 0.206 e. The second kappa shape index (κ2) is 10.6. The molecule has 2 aliphatic heterocycles. The van der Waals surface area contributed by atoms with Crippen molar-refractivity contribution in [3.63, 3.8) is 0 Å². The Balaban J connectivity index is 1.19. The molecule has 10 aromatic rings. The average molecular weight is 674 g/mol. The number of nitrogens with zero attached hydrogens (tertiary/aromatic N) is 1. The molecule has 0 fully saturated rings. The molecule has 2 aromatic heterocycles. The summed E-state index contributed by atoms with van der Waals surface area (Å²) < 4.78 is 6.37. The van der Waals surface area contributed by atoms with Gasteiger partial charge in [0.25, 0.3) is 0 Å². The molecule has 0 spiro atoms. The normalized spacial score (nSPS) is 13.9. The van der Waals surface area contributed by atoms with E-state index in [0.717, 1.165) is 33.1 Å². The van der Waals surface area contributed by atoms with Gasteiger partial charge in [-0.1, -0.05) is 163 Å². The minimum atomic E-state index is -0.521. The van der Waals surface area contributed by atoms with Crippen LogP contribution in [-0.2, 0) is 5.41 Å². The van der Waals surface area contributed by atoms with Crippen LogP contribution in [-0.4, -0.2) is 12.3 Å². The van der Waals surface area contributed by atoms with E-state index in [1.165, 1.54) is 72.0 Å². The molecule has 2 aliphatic rings. The molecule has 0 unspecified atom stereocenters. The molecule has 1 radical (unpaired) electrons. The lowest BCUT2D eigenvalue weighted by Crippen LogP contribution is -2.47. The molecule has 0 saturated carbocycles. The maximum absolute atomic E-state index is 6.37. The van der Waals surface area contributed by atoms with Crippen molar-refractivity contribution in [1.29, 1.82) is 0 Å². The smallest absolute Gasteiger partial charge is 0.206 e. The van der Waals surface area contributed by atoms with Crippen LogP contribution in [0.1, 0.15) is 22.3 Å². The van der Waals surface area contributed by atoms with Crippen LogP contribution in [0.4, 0.5) is 17.1 Å². The molecule has 1 N–H and O–H groups in total. The number of H-pyrrole nitrogens is 1. The van der Waals surface area contributed by atoms with E-state index in [1.54, 1.807) is 0 Å². The van der Waals surface area contributed by atoms with Gasteiger partial charge in [0.05, 0.1) is 22.0 Å². The monoisotopic (exact) mass is 673 g/mol. The van der Waals surface area contributed by atoms with E-state index in [1.807, 2.05) is 12.1 Å². The molecule has 0 atom stereocenters. The van der Waals surface area contributed by atoms with E-state index in [0.29, 0.717) is 0 Å². The molecule has 0 saturated heterocycles. The highest BCUT2D eigenvalue weighted by Crippen LogP contribution is 2.58. The van der Waals surface area contributed by atoms with E-state index in [9.17, 15) is 0 Å². The van der Waals surface area contributed by atoms with Crippen molar-refractivity contribution >= 4 is 79.0 Å². The highest BCUT2D eigenvalue weighted by molar-refractivity contribution is 6.74. The van der Waals surface area contributed by atoms with E-state index >= 15 is 0 Å². The third-order valence-electron chi connectivity index (χ3n) is 11.7. The number of rotatable bonds is 3. The first kappa shape index (κ1) is 28.9. The van der Waals surface area contributed by atoms with Crippen molar-refractivity contribution < 1.29 is 4.42 Å². The van der Waals surface area contributed by atoms with Gasteiger partial charge in [0, 0.05) is 33.1 Å². The van der Waals surface area contributed by atoms with E-state index in [-0.39, 0.29) is 0 Å². The van der Waals surface area contributed by atoms with Gasteiger partial charge in [-0.05, 0) is 56.9 Å². The van der Waals surface area contributed by atoms with Gasteiger partial charge in [0.2, 0.25) is 5.71 Å². The summed E-state index contributed by atoms with van der Waals surface area (Å²) in [6, 6.07) is 64.2. The largest absolute Gasteiger partial charge is 0.440 e. The molecule has 0 aliphatic carbocycles. The SMILES string of the molecule is [B]1c2cccc3c2N(c2ccccc2C3(c2ccccc2)c2ccccc2)c2c1c(-c1cccc3c1[nH]c1oc4ccccc4c13)cc1ccccc21. The molecule has 12 rings (SSSR count). The molecule has 0 bridgehead atoms. The number of furan rings is 1. The Hall–Kier alpha value is -6.78. The van der Waals surface area contributed by atoms with E-state index in [2.05, 4.69) is 181 Å². The Bertz CT molecular complexity index is 3060. The summed E-state index contributed by atoms with van der Waals surface area (Å²) in [5.74, 6) is 0. The van der Waals surface area contributed by atoms with Crippen molar-refractivity contribution in [2.24, 2.45) is 0 Å². The predicted octanol–water partition coefficient (Wildman–Crippen LogP) is 11.0. The van der Waals surface area contributed by atoms with Crippen molar-refractivity contribution in [2.75, 3.05) is 4.90 Å². The third kappa shape index (κ3) is 3.74. The van der Waals surface area contributed by atoms with Gasteiger partial charge in [-0.2, -0.15) is 0 Å². The van der Waals surface area contributed by atoms with Crippen LogP contribution in [0.15, 0.2) is 180 Å². The van der Waals surface area contributed by atoms with Gasteiger partial charge in [0.1, 0.15) is 5.58 Å². The Kier molecular flexibility index (Phi) is 5.79. The van der Waals surface area contributed by atoms with Crippen LogP contribution in [0.2, 0.25) is 0 Å². The third-order valence-corrected chi connectivity index (χ3v) is 11.7. The fraction of sp³-hybridized carbons (Fsp3) is 0.0204. The van der Waals surface area contributed by atoms with Crippen LogP contribution >= 0.6 is 0 Å². The van der Waals surface area contributed by atoms with E-state index in [4.69, 9.17) is 4.42 Å². The highest BCUT2D eigenvalue weighted by atomic mass is 16.3. The topological polar surface area (TPSA) is 32.2 Å². The number of hydrogen-bond donors (Lipinski definition) is 1. The number of benzene rings is 8. The van der Waals surface area contributed by atoms with Gasteiger partial charge in [-0.25, -0.2) is 0 Å². The number of hydrogen-bond acceptors (Lipinski definition) is 2. The molecule has 53 heavy (non-hydrogen) atoms. The first-order valence-electron chi connectivity index (χ1n) is 18.3. The summed E-state index contributed by atoms with van der Waals surface area (Å²) in [6.45, 7) is 0. The van der Waals surface area contributed by atoms with E-state index < -0.39 is 5.41 Å². The highest BCUT2D eigenvalue weighted by Gasteiger charge is 2.48. The van der Waals surface area contributed by atoms with Crippen molar-refractivity contribution in [3.05, 3.63) is 198 Å². The summed E-state index contributed by atoms with van der Waals surface area (Å²) in [5.41, 5.74) is 15.7. The molecular weight excluding hydrogens is 643 g/mol. The van der Waals surface area contributed by atoms with Crippen LogP contribution in [0.3, 0.4) is 0 Å². The maximum atomic E-state index is 6.37. The van der Waals surface area contributed by atoms with Crippen molar-refractivity contribution in [1.82, 2.24) is 4.98 Å². The molecule has 4 heterocycles. The molecule has 8 aromatic carbocycles. The lowest BCUT2D eigenvalue weighted by atomic mass is 9.54. The fourth-order valence-corrected chi connectivity index (χ4v) is 9.62. The number of anilines is 3. The number of nitrogens with one attached hydrogen (secondary N) is 1. The van der Waals surface area contributed by atoms with Crippen molar-refractivity contribution in [3.8, 4) is 11.1 Å². The van der Waals surface area contributed by atoms with Crippen LogP contribution in [0.25, 0.3) is 54.9 Å². The Morgan fingerprint density at radius 2 is 1.19 bits per heavy atom. The zero-order valence-corrected chi connectivity index (χ0v) is 28.7. The first-order chi connectivity index (χ1) is 26.3. The number of aromatic amines is 1. The summed E-state index contributed by atoms with van der Waals surface area (Å²) in [6.07, 6.45) is 0. The zero-order valence-electron chi connectivity index (χ0n) is 28.7. The summed E-state index contributed by atoms with van der Waals surface area (Å²) in [4.78, 5) is 6.29. The van der Waals surface area contributed by atoms with Crippen molar-refractivity contribution in [2.45, 2.75) is 5.41 Å². The molecule has 3 nitrogen and oxygen atoms in total. The average Bonchev–Trinajstić information content (AvgIpc) is 3.78. The Morgan fingerprint density at radius 3 is 2.02 bits per heavy atom. The first-order valence-corrected chi connectivity index (χ1v) is 18.3. The lowest BCUT2D eigenvalue weighted by molar-refractivity contribution is 0.657. The second-order valence-corrected chi connectivity index (χ2v) is 14.3. The molecule has 0 amide bonds. The summed E-state index contributed by atoms with van der Waals surface area (Å²) in [5, 5.41) is 5.86. The fourth-order valence-electron chi connectivity index (χ4n) is 9.62. The second-order valence-electron chi connectivity index (χ2n) is 14.3. The van der Waals surface area contributed by atoms with Gasteiger partial charge in [-0.3, -0.25) is 0 Å². The van der Waals surface area contributed by atoms with Gasteiger partial charge < -0.3 is 14.3 Å². The molecule has 4 heteroatoms. The van der Waals surface area contributed by atoms with Gasteiger partial charge >= 0.3 is 0 Å². The zero-order chi connectivity index (χ0) is 34.7. The molecular formula is C49H30BN2O. The summed E-state index contributed by atoms with van der Waals surface area (Å²) in [7, 11) is 2.43. The number of fused-ring (bicyclic) bond motifs is 11. The minimum Gasteiger partial charge on any atom is -0.440 e. The standard InChI is InChI=1S/C49H30BN2O/c1-3-16-31(17-4-1)49(32-18-5-2-6-19-32)38-24-10-11-27-41(38)52-46-33-20-8-7-15-30(33)29-37(44(46)50-40-26-14-25-39(49)47(40)52)34-22-13-23-36-43-35-21-9-12-28-42(35)53-48(43)51-45(34)36/h1-29,51H. The van der Waals surface area contributed by atoms with Crippen LogP contribution in [0, 0.1) is 0 Å².